The van der Waals surface area contributed by atoms with E-state index in [9.17, 15) is 10.1 Å². The summed E-state index contributed by atoms with van der Waals surface area (Å²) in [4.78, 5) is 15.6. The smallest absolute Gasteiger partial charge is 0.267 e. The van der Waals surface area contributed by atoms with Gasteiger partial charge in [0, 0.05) is 24.2 Å². The zero-order chi connectivity index (χ0) is 11.8. The highest BCUT2D eigenvalue weighted by Crippen LogP contribution is 2.44. The number of non-ortho nitro benzene ring substituents is 1. The molecule has 16 heavy (non-hydrogen) atoms. The molecule has 0 bridgehead atoms. The van der Waals surface area contributed by atoms with Crippen LogP contribution in [0.4, 0.5) is 5.69 Å². The van der Waals surface area contributed by atoms with Crippen LogP contribution in [0.3, 0.4) is 0 Å². The van der Waals surface area contributed by atoms with Gasteiger partial charge in [0.25, 0.3) is 5.69 Å². The molecule has 0 N–H and O–H groups in total. The highest BCUT2D eigenvalue weighted by Gasteiger charge is 2.51. The third-order valence-corrected chi connectivity index (χ3v) is 2.77. The minimum Gasteiger partial charge on any atom is -0.267 e. The van der Waals surface area contributed by atoms with E-state index in [2.05, 4.69) is 6.92 Å². The fourth-order valence-electron chi connectivity index (χ4n) is 1.75. The molecule has 5 heteroatoms. The van der Waals surface area contributed by atoms with Crippen molar-refractivity contribution in [3.05, 3.63) is 39.9 Å². The molecule has 0 radical (unpaired) electrons. The molecule has 0 aromatic heterocycles. The van der Waals surface area contributed by atoms with E-state index in [1.54, 1.807) is 12.1 Å². The number of hydroxylamine groups is 2. The lowest BCUT2D eigenvalue weighted by Gasteiger charge is -2.05. The van der Waals surface area contributed by atoms with Gasteiger partial charge in [-0.3, -0.25) is 15.0 Å². The van der Waals surface area contributed by atoms with Crippen molar-refractivity contribution in [2.24, 2.45) is 0 Å². The average molecular weight is 222 g/mol. The number of benzene rings is 1. The lowest BCUT2D eigenvalue weighted by molar-refractivity contribution is -0.384. The molecule has 1 aliphatic heterocycles. The molecule has 2 rings (SSSR count). The van der Waals surface area contributed by atoms with Crippen molar-refractivity contribution in [3.63, 3.8) is 0 Å². The molecule has 1 heterocycles. The van der Waals surface area contributed by atoms with Gasteiger partial charge in [-0.15, -0.1) is 5.06 Å². The molecule has 1 fully saturated rings. The molecular formula is C11H14N2O3. The number of nitrogens with zero attached hydrogens (tertiary/aromatic N) is 2. The summed E-state index contributed by atoms with van der Waals surface area (Å²) in [6, 6.07) is 6.50. The number of hydrogen-bond acceptors (Lipinski definition) is 4. The molecule has 1 saturated heterocycles. The maximum absolute atomic E-state index is 10.5. The third-order valence-electron chi connectivity index (χ3n) is 2.77. The molecule has 0 spiro atoms. The van der Waals surface area contributed by atoms with E-state index >= 15 is 0 Å². The van der Waals surface area contributed by atoms with E-state index in [4.69, 9.17) is 4.84 Å². The summed E-state index contributed by atoms with van der Waals surface area (Å²) in [6.45, 7) is 4.91. The SMILES string of the molecule is CCCN1OC1(C)c1ccc([N+](=O)[O-])cc1. The molecule has 2 unspecified atom stereocenters. The molecule has 1 aliphatic rings. The van der Waals surface area contributed by atoms with Crippen LogP contribution < -0.4 is 0 Å². The molecule has 5 nitrogen and oxygen atoms in total. The Balaban J connectivity index is 2.14. The quantitative estimate of drug-likeness (QED) is 0.446. The Bertz CT molecular complexity index is 404. The Morgan fingerprint density at radius 2 is 2.06 bits per heavy atom. The van der Waals surface area contributed by atoms with Gasteiger partial charge in [-0.25, -0.2) is 0 Å². The highest BCUT2D eigenvalue weighted by molar-refractivity contribution is 5.35. The number of hydrogen-bond donors (Lipinski definition) is 0. The van der Waals surface area contributed by atoms with Gasteiger partial charge in [-0.1, -0.05) is 6.92 Å². The highest BCUT2D eigenvalue weighted by atomic mass is 16.9. The van der Waals surface area contributed by atoms with Crippen molar-refractivity contribution in [2.75, 3.05) is 6.54 Å². The minimum atomic E-state index is -0.399. The summed E-state index contributed by atoms with van der Waals surface area (Å²) in [5, 5.41) is 12.4. The fraction of sp³-hybridized carbons (Fsp3) is 0.455. The molecule has 86 valence electrons. The van der Waals surface area contributed by atoms with E-state index in [0.29, 0.717) is 0 Å². The molecule has 0 amide bonds. The van der Waals surface area contributed by atoms with Gasteiger partial charge in [-0.2, -0.15) is 0 Å². The van der Waals surface area contributed by atoms with Gasteiger partial charge in [0.05, 0.1) is 4.92 Å². The molecular weight excluding hydrogens is 208 g/mol. The topological polar surface area (TPSA) is 58.7 Å². The second-order valence-corrected chi connectivity index (χ2v) is 3.98. The number of rotatable bonds is 4. The van der Waals surface area contributed by atoms with E-state index < -0.39 is 10.6 Å². The van der Waals surface area contributed by atoms with Crippen LogP contribution in [0.5, 0.6) is 0 Å². The summed E-state index contributed by atoms with van der Waals surface area (Å²) in [7, 11) is 0. The van der Waals surface area contributed by atoms with Gasteiger partial charge in [0.15, 0.2) is 5.72 Å². The standard InChI is InChI=1S/C11H14N2O3/c1-3-8-12-11(2,16-12)9-4-6-10(7-5-9)13(14)15/h4-7H,3,8H2,1-2H3. The maximum Gasteiger partial charge on any atom is 0.269 e. The summed E-state index contributed by atoms with van der Waals surface area (Å²) in [6.07, 6.45) is 1.02. The monoisotopic (exact) mass is 222 g/mol. The van der Waals surface area contributed by atoms with Crippen LogP contribution in [0.15, 0.2) is 24.3 Å². The first kappa shape index (κ1) is 11.0. The second-order valence-electron chi connectivity index (χ2n) is 3.98. The largest absolute Gasteiger partial charge is 0.269 e. The predicted octanol–water partition coefficient (Wildman–Crippen LogP) is 2.42. The zero-order valence-corrected chi connectivity index (χ0v) is 9.34. The first-order valence-corrected chi connectivity index (χ1v) is 5.29. The van der Waals surface area contributed by atoms with Gasteiger partial charge in [0.1, 0.15) is 0 Å². The van der Waals surface area contributed by atoms with Crippen LogP contribution in [0, 0.1) is 10.1 Å². The first-order chi connectivity index (χ1) is 7.58. The second kappa shape index (κ2) is 3.84. The fourth-order valence-corrected chi connectivity index (χ4v) is 1.75. The van der Waals surface area contributed by atoms with Crippen molar-refractivity contribution in [3.8, 4) is 0 Å². The van der Waals surface area contributed by atoms with Crippen LogP contribution in [-0.4, -0.2) is 16.5 Å². The van der Waals surface area contributed by atoms with Crippen molar-refractivity contribution >= 4 is 5.69 Å². The summed E-state index contributed by atoms with van der Waals surface area (Å²) in [5.41, 5.74) is 0.659. The lowest BCUT2D eigenvalue weighted by Crippen LogP contribution is -2.12. The van der Waals surface area contributed by atoms with Gasteiger partial charge in [-0.05, 0) is 25.5 Å². The van der Waals surface area contributed by atoms with Crippen LogP contribution >= 0.6 is 0 Å². The molecule has 1 aromatic carbocycles. The van der Waals surface area contributed by atoms with Crippen molar-refractivity contribution in [1.29, 1.82) is 0 Å². The van der Waals surface area contributed by atoms with Crippen molar-refractivity contribution in [2.45, 2.75) is 26.0 Å². The van der Waals surface area contributed by atoms with Crippen LogP contribution in [-0.2, 0) is 10.6 Å². The van der Waals surface area contributed by atoms with E-state index in [-0.39, 0.29) is 5.69 Å². The normalized spacial score (nSPS) is 27.8. The summed E-state index contributed by atoms with van der Waals surface area (Å²) >= 11 is 0. The van der Waals surface area contributed by atoms with Crippen LogP contribution in [0.25, 0.3) is 0 Å². The summed E-state index contributed by atoms with van der Waals surface area (Å²) < 4.78 is 0. The first-order valence-electron chi connectivity index (χ1n) is 5.29. The van der Waals surface area contributed by atoms with Gasteiger partial charge in [0.2, 0.25) is 0 Å². The lowest BCUT2D eigenvalue weighted by atomic mass is 10.1. The van der Waals surface area contributed by atoms with Gasteiger partial charge >= 0.3 is 0 Å². The molecule has 2 atom stereocenters. The molecule has 1 aromatic rings. The Morgan fingerprint density at radius 3 is 2.56 bits per heavy atom. The third kappa shape index (κ3) is 1.79. The Hall–Kier alpha value is -1.46. The minimum absolute atomic E-state index is 0.107. The van der Waals surface area contributed by atoms with Gasteiger partial charge < -0.3 is 0 Å². The van der Waals surface area contributed by atoms with Crippen molar-refractivity contribution in [1.82, 2.24) is 5.06 Å². The van der Waals surface area contributed by atoms with E-state index in [0.717, 1.165) is 18.5 Å². The van der Waals surface area contributed by atoms with E-state index in [1.165, 1.54) is 12.1 Å². The average Bonchev–Trinajstić information content (AvgIpc) is 2.92. The van der Waals surface area contributed by atoms with Crippen LogP contribution in [0.1, 0.15) is 25.8 Å². The maximum atomic E-state index is 10.5. The Kier molecular flexibility index (Phi) is 2.65. The Labute approximate surface area is 93.7 Å². The summed E-state index contributed by atoms with van der Waals surface area (Å²) in [5.74, 6) is 0. The Morgan fingerprint density at radius 1 is 1.44 bits per heavy atom. The molecule has 0 aliphatic carbocycles. The van der Waals surface area contributed by atoms with Crippen molar-refractivity contribution < 1.29 is 9.76 Å². The number of nitro benzene ring substituents is 1. The molecule has 0 saturated carbocycles. The van der Waals surface area contributed by atoms with Crippen LogP contribution in [0.2, 0.25) is 0 Å². The van der Waals surface area contributed by atoms with E-state index in [1.807, 2.05) is 12.0 Å². The number of nitro groups is 1. The predicted molar refractivity (Wildman–Crippen MR) is 58.5 cm³/mol. The zero-order valence-electron chi connectivity index (χ0n) is 9.34.